The molecule has 0 aliphatic carbocycles. The lowest BCUT2D eigenvalue weighted by atomic mass is 10.1. The molecule has 3 aromatic rings. The van der Waals surface area contributed by atoms with Crippen LogP contribution in [-0.2, 0) is 0 Å². The summed E-state index contributed by atoms with van der Waals surface area (Å²) in [4.78, 5) is 47.7. The second-order valence-corrected chi connectivity index (χ2v) is 6.51. The van der Waals surface area contributed by atoms with Gasteiger partial charge in [-0.05, 0) is 30.3 Å². The third kappa shape index (κ3) is 4.82. The summed E-state index contributed by atoms with van der Waals surface area (Å²) in [5, 5.41) is 45.9. The topological polar surface area (TPSA) is 179 Å². The van der Waals surface area contributed by atoms with E-state index in [2.05, 4.69) is 10.6 Å². The minimum atomic E-state index is -1.40. The van der Waals surface area contributed by atoms with E-state index in [1.807, 2.05) is 0 Å². The highest BCUT2D eigenvalue weighted by Crippen LogP contribution is 2.22. The Hall–Kier alpha value is -4.86. The van der Waals surface area contributed by atoms with E-state index in [1.165, 1.54) is 24.3 Å². The van der Waals surface area contributed by atoms with Crippen molar-refractivity contribution >= 4 is 35.1 Å². The quantitative estimate of drug-likeness (QED) is 0.453. The molecule has 0 spiro atoms. The summed E-state index contributed by atoms with van der Waals surface area (Å²) >= 11 is 0. The molecule has 0 radical (unpaired) electrons. The number of aromatic carboxylic acids is 2. The maximum absolute atomic E-state index is 12.6. The number of nitrogens with one attached hydrogen (secondary N) is 2. The molecule has 0 fully saturated rings. The molecule has 0 saturated carbocycles. The molecular weight excluding hydrogens is 420 g/mol. The van der Waals surface area contributed by atoms with Crippen LogP contribution in [0.4, 0.5) is 11.4 Å². The number of amides is 2. The molecule has 0 bridgehead atoms. The molecule has 4 N–H and O–H groups in total. The molecule has 0 aliphatic rings. The fourth-order valence-corrected chi connectivity index (χ4v) is 2.81. The van der Waals surface area contributed by atoms with Crippen molar-refractivity contribution in [1.29, 1.82) is 0 Å². The minimum absolute atomic E-state index is 0.00792. The number of carbonyl (C=O) groups is 4. The van der Waals surface area contributed by atoms with Crippen molar-refractivity contribution in [3.8, 4) is 11.5 Å². The fraction of sp³-hybridized carbons (Fsp3) is 0. The molecule has 0 heterocycles. The predicted molar refractivity (Wildman–Crippen MR) is 108 cm³/mol. The first-order valence-electron chi connectivity index (χ1n) is 8.97. The van der Waals surface area contributed by atoms with Gasteiger partial charge in [-0.3, -0.25) is 9.59 Å². The number of carboxylic acid groups (broad SMARTS) is 2. The summed E-state index contributed by atoms with van der Waals surface area (Å²) in [7, 11) is 0. The summed E-state index contributed by atoms with van der Waals surface area (Å²) in [5.74, 6) is -5.34. The number of anilines is 2. The zero-order valence-corrected chi connectivity index (χ0v) is 16.1. The van der Waals surface area contributed by atoms with Crippen LogP contribution in [0.25, 0.3) is 0 Å². The SMILES string of the molecule is O=C(Nc1ccc([O-])cc1C(=O)O)c1cccc(C(=O)Nc2ccc([O-])cc2C(=O)O)c1. The first-order chi connectivity index (χ1) is 15.2. The third-order valence-electron chi connectivity index (χ3n) is 4.33. The molecule has 10 nitrogen and oxygen atoms in total. The Morgan fingerprint density at radius 2 is 1.03 bits per heavy atom. The zero-order valence-electron chi connectivity index (χ0n) is 16.1. The number of carbonyl (C=O) groups excluding carboxylic acids is 2. The number of hydrogen-bond acceptors (Lipinski definition) is 6. The number of carboxylic acids is 2. The average molecular weight is 434 g/mol. The summed E-state index contributed by atoms with van der Waals surface area (Å²) in [6.45, 7) is 0. The van der Waals surface area contributed by atoms with Gasteiger partial charge < -0.3 is 31.1 Å². The smallest absolute Gasteiger partial charge is 0.337 e. The van der Waals surface area contributed by atoms with Crippen molar-refractivity contribution < 1.29 is 39.6 Å². The maximum atomic E-state index is 12.6. The number of rotatable bonds is 6. The molecule has 0 unspecified atom stereocenters. The minimum Gasteiger partial charge on any atom is -0.872 e. The van der Waals surface area contributed by atoms with E-state index < -0.39 is 35.3 Å². The molecule has 162 valence electrons. The van der Waals surface area contributed by atoms with Gasteiger partial charge in [0.1, 0.15) is 0 Å². The highest BCUT2D eigenvalue weighted by atomic mass is 16.4. The monoisotopic (exact) mass is 434 g/mol. The summed E-state index contributed by atoms with van der Waals surface area (Å²) in [6, 6.07) is 11.6. The Morgan fingerprint density at radius 3 is 1.41 bits per heavy atom. The van der Waals surface area contributed by atoms with Crippen LogP contribution in [-0.4, -0.2) is 34.0 Å². The Balaban J connectivity index is 1.83. The number of benzene rings is 3. The maximum Gasteiger partial charge on any atom is 0.337 e. The van der Waals surface area contributed by atoms with Crippen LogP contribution in [0.5, 0.6) is 11.5 Å². The lowest BCUT2D eigenvalue weighted by Gasteiger charge is -2.13. The Bertz CT molecular complexity index is 1160. The molecule has 0 aromatic heterocycles. The highest BCUT2D eigenvalue weighted by Gasteiger charge is 2.17. The predicted octanol–water partition coefficient (Wildman–Crippen LogP) is 1.73. The largest absolute Gasteiger partial charge is 0.872 e. The van der Waals surface area contributed by atoms with Crippen molar-refractivity contribution in [1.82, 2.24) is 0 Å². The fourth-order valence-electron chi connectivity index (χ4n) is 2.81. The molecule has 0 atom stereocenters. The van der Waals surface area contributed by atoms with E-state index in [9.17, 15) is 39.6 Å². The van der Waals surface area contributed by atoms with Gasteiger partial charge in [0, 0.05) is 11.1 Å². The van der Waals surface area contributed by atoms with Crippen LogP contribution in [0.1, 0.15) is 41.4 Å². The molecule has 0 saturated heterocycles. The normalized spacial score (nSPS) is 10.2. The second-order valence-electron chi connectivity index (χ2n) is 6.51. The lowest BCUT2D eigenvalue weighted by molar-refractivity contribution is -0.269. The first kappa shape index (κ1) is 21.8. The standard InChI is InChI=1S/C22H16N2O8/c25-13-4-6-17(15(9-13)21(29)30)23-19(27)11-2-1-3-12(8-11)20(28)24-18-7-5-14(26)10-16(18)22(31)32/h1-10,25-26H,(H,23,27)(H,24,28)(H,29,30)(H,31,32)/p-2. The van der Waals surface area contributed by atoms with E-state index in [-0.39, 0.29) is 33.6 Å². The lowest BCUT2D eigenvalue weighted by Crippen LogP contribution is -2.18. The van der Waals surface area contributed by atoms with E-state index in [0.29, 0.717) is 0 Å². The third-order valence-corrected chi connectivity index (χ3v) is 4.33. The summed E-state index contributed by atoms with van der Waals surface area (Å²) < 4.78 is 0. The van der Waals surface area contributed by atoms with E-state index in [4.69, 9.17) is 0 Å². The molecular formula is C22H14N2O8-2. The van der Waals surface area contributed by atoms with Crippen molar-refractivity contribution in [2.75, 3.05) is 10.6 Å². The van der Waals surface area contributed by atoms with Crippen LogP contribution >= 0.6 is 0 Å². The number of hydrogen-bond donors (Lipinski definition) is 4. The van der Waals surface area contributed by atoms with Crippen molar-refractivity contribution in [3.63, 3.8) is 0 Å². The Morgan fingerprint density at radius 1 is 0.625 bits per heavy atom. The van der Waals surface area contributed by atoms with Gasteiger partial charge in [-0.2, -0.15) is 0 Å². The van der Waals surface area contributed by atoms with E-state index >= 15 is 0 Å². The summed E-state index contributed by atoms with van der Waals surface area (Å²) in [6.07, 6.45) is 0. The van der Waals surface area contributed by atoms with Crippen LogP contribution in [0, 0.1) is 0 Å². The average Bonchev–Trinajstić information content (AvgIpc) is 2.75. The molecule has 32 heavy (non-hydrogen) atoms. The zero-order chi connectivity index (χ0) is 23.4. The molecule has 2 amide bonds. The van der Waals surface area contributed by atoms with Gasteiger partial charge in [-0.15, -0.1) is 11.5 Å². The van der Waals surface area contributed by atoms with Gasteiger partial charge in [-0.25, -0.2) is 9.59 Å². The molecule has 3 aromatic carbocycles. The van der Waals surface area contributed by atoms with Gasteiger partial charge in [0.05, 0.1) is 22.5 Å². The molecule has 0 aliphatic heterocycles. The summed E-state index contributed by atoms with van der Waals surface area (Å²) in [5.41, 5.74) is -0.950. The highest BCUT2D eigenvalue weighted by molar-refractivity contribution is 6.11. The van der Waals surface area contributed by atoms with E-state index in [0.717, 1.165) is 36.4 Å². The molecule has 10 heteroatoms. The van der Waals surface area contributed by atoms with Gasteiger partial charge >= 0.3 is 11.9 Å². The Labute approximate surface area is 180 Å². The van der Waals surface area contributed by atoms with Gasteiger partial charge in [-0.1, -0.05) is 30.3 Å². The molecule has 3 rings (SSSR count). The van der Waals surface area contributed by atoms with Crippen molar-refractivity contribution in [2.24, 2.45) is 0 Å². The van der Waals surface area contributed by atoms with Gasteiger partial charge in [0.2, 0.25) is 0 Å². The first-order valence-corrected chi connectivity index (χ1v) is 8.97. The van der Waals surface area contributed by atoms with Gasteiger partial charge in [0.15, 0.2) is 0 Å². The van der Waals surface area contributed by atoms with E-state index in [1.54, 1.807) is 0 Å². The van der Waals surface area contributed by atoms with Crippen LogP contribution in [0.2, 0.25) is 0 Å². The van der Waals surface area contributed by atoms with Crippen LogP contribution in [0.15, 0.2) is 60.7 Å². The van der Waals surface area contributed by atoms with Gasteiger partial charge in [0.25, 0.3) is 11.8 Å². The van der Waals surface area contributed by atoms with Crippen molar-refractivity contribution in [3.05, 3.63) is 82.9 Å². The Kier molecular flexibility index (Phi) is 6.06. The van der Waals surface area contributed by atoms with Crippen LogP contribution < -0.4 is 20.8 Å². The van der Waals surface area contributed by atoms with Crippen molar-refractivity contribution in [2.45, 2.75) is 0 Å². The van der Waals surface area contributed by atoms with Crippen LogP contribution in [0.3, 0.4) is 0 Å². The second kappa shape index (κ2) is 8.88.